The van der Waals surface area contributed by atoms with Crippen LogP contribution in [0.15, 0.2) is 24.3 Å². The van der Waals surface area contributed by atoms with Crippen molar-refractivity contribution in [3.63, 3.8) is 0 Å². The van der Waals surface area contributed by atoms with Crippen molar-refractivity contribution < 1.29 is 19.5 Å². The van der Waals surface area contributed by atoms with Gasteiger partial charge in [0.25, 0.3) is 5.91 Å². The lowest BCUT2D eigenvalue weighted by atomic mass is 9.95. The molecule has 1 aromatic rings. The second-order valence-corrected chi connectivity index (χ2v) is 6.37. The molecule has 2 amide bonds. The van der Waals surface area contributed by atoms with E-state index in [0.29, 0.717) is 24.2 Å². The van der Waals surface area contributed by atoms with Crippen LogP contribution in [0.2, 0.25) is 0 Å². The number of carbonyl (C=O) groups excluding carboxylic acids is 2. The Morgan fingerprint density at radius 3 is 2.30 bits per heavy atom. The third-order valence-electron chi connectivity index (χ3n) is 3.19. The summed E-state index contributed by atoms with van der Waals surface area (Å²) < 4.78 is 0. The first kappa shape index (κ1) is 18.7. The fourth-order valence-corrected chi connectivity index (χ4v) is 1.94. The molecule has 0 fully saturated rings. The van der Waals surface area contributed by atoms with Crippen LogP contribution in [0, 0.1) is 5.41 Å². The van der Waals surface area contributed by atoms with Gasteiger partial charge in [0.15, 0.2) is 0 Å². The Morgan fingerprint density at radius 2 is 1.78 bits per heavy atom. The van der Waals surface area contributed by atoms with Gasteiger partial charge in [0, 0.05) is 12.0 Å². The van der Waals surface area contributed by atoms with Crippen LogP contribution >= 0.6 is 0 Å². The number of amides is 2. The van der Waals surface area contributed by atoms with E-state index in [9.17, 15) is 14.4 Å². The summed E-state index contributed by atoms with van der Waals surface area (Å²) in [6.45, 7) is 7.18. The van der Waals surface area contributed by atoms with Crippen molar-refractivity contribution in [2.75, 3.05) is 18.4 Å². The molecule has 0 aliphatic heterocycles. The molecule has 0 aliphatic rings. The largest absolute Gasteiger partial charge is 0.480 e. The van der Waals surface area contributed by atoms with Crippen LogP contribution in [0.4, 0.5) is 5.69 Å². The highest BCUT2D eigenvalue weighted by molar-refractivity contribution is 6.05. The third-order valence-corrected chi connectivity index (χ3v) is 3.19. The van der Waals surface area contributed by atoms with Crippen LogP contribution in [0.3, 0.4) is 0 Å². The Bertz CT molecular complexity index is 591. The summed E-state index contributed by atoms with van der Waals surface area (Å²) in [5, 5.41) is 11.7. The molecular weight excluding hydrogens is 296 g/mol. The lowest BCUT2D eigenvalue weighted by Gasteiger charge is -2.23. The van der Waals surface area contributed by atoms with Gasteiger partial charge in [-0.15, -0.1) is 0 Å². The molecule has 0 heterocycles. The number of para-hydroxylation sites is 1. The highest BCUT2D eigenvalue weighted by Gasteiger charge is 2.25. The number of carboxylic acid groups (broad SMARTS) is 1. The molecule has 1 aromatic carbocycles. The molecule has 0 saturated heterocycles. The number of rotatable bonds is 6. The van der Waals surface area contributed by atoms with Crippen molar-refractivity contribution >= 4 is 23.5 Å². The number of anilines is 1. The second-order valence-electron chi connectivity index (χ2n) is 6.37. The van der Waals surface area contributed by atoms with Crippen LogP contribution in [-0.2, 0) is 9.59 Å². The number of hydrogen-bond acceptors (Lipinski definition) is 3. The maximum Gasteiger partial charge on any atom is 0.323 e. The summed E-state index contributed by atoms with van der Waals surface area (Å²) in [5.74, 6) is -1.68. The van der Waals surface area contributed by atoms with Crippen LogP contribution in [0.25, 0.3) is 0 Å². The summed E-state index contributed by atoms with van der Waals surface area (Å²) in [7, 11) is 0. The smallest absolute Gasteiger partial charge is 0.323 e. The highest BCUT2D eigenvalue weighted by Crippen LogP contribution is 2.21. The van der Waals surface area contributed by atoms with Gasteiger partial charge in [-0.2, -0.15) is 0 Å². The zero-order valence-corrected chi connectivity index (χ0v) is 14.0. The average Bonchev–Trinajstić information content (AvgIpc) is 2.45. The van der Waals surface area contributed by atoms with Gasteiger partial charge in [0.1, 0.15) is 6.54 Å². The minimum absolute atomic E-state index is 0.210. The Morgan fingerprint density at radius 1 is 1.17 bits per heavy atom. The molecule has 1 rings (SSSR count). The lowest BCUT2D eigenvalue weighted by Crippen LogP contribution is -2.37. The quantitative estimate of drug-likeness (QED) is 0.843. The van der Waals surface area contributed by atoms with Gasteiger partial charge >= 0.3 is 5.97 Å². The molecule has 0 bridgehead atoms. The molecule has 0 aromatic heterocycles. The Hall–Kier alpha value is -2.37. The molecule has 0 unspecified atom stereocenters. The Balaban J connectivity index is 3.09. The van der Waals surface area contributed by atoms with Crippen LogP contribution in [0.1, 0.15) is 44.5 Å². The summed E-state index contributed by atoms with van der Waals surface area (Å²) >= 11 is 0. The van der Waals surface area contributed by atoms with Crippen molar-refractivity contribution in [3.8, 4) is 0 Å². The van der Waals surface area contributed by atoms with Crippen LogP contribution < -0.4 is 5.32 Å². The minimum Gasteiger partial charge on any atom is -0.480 e. The van der Waals surface area contributed by atoms with Gasteiger partial charge < -0.3 is 15.3 Å². The predicted molar refractivity (Wildman–Crippen MR) is 88.4 cm³/mol. The fourth-order valence-electron chi connectivity index (χ4n) is 1.94. The van der Waals surface area contributed by atoms with E-state index in [0.717, 1.165) is 0 Å². The van der Waals surface area contributed by atoms with Gasteiger partial charge in [0.05, 0.1) is 11.3 Å². The minimum atomic E-state index is -1.07. The molecule has 0 saturated carbocycles. The molecule has 2 N–H and O–H groups in total. The topological polar surface area (TPSA) is 86.7 Å². The van der Waals surface area contributed by atoms with Gasteiger partial charge in [0.2, 0.25) is 5.91 Å². The van der Waals surface area contributed by atoms with E-state index >= 15 is 0 Å². The monoisotopic (exact) mass is 320 g/mol. The normalized spacial score (nSPS) is 11.0. The standard InChI is InChI=1S/C17H24N2O4/c1-5-10-19(11-14(20)21)15(22)12-8-6-7-9-13(12)18-16(23)17(2,3)4/h6-9H,5,10-11H2,1-4H3,(H,18,23)(H,20,21). The van der Waals surface area contributed by atoms with Crippen LogP contribution in [-0.4, -0.2) is 40.9 Å². The van der Waals surface area contributed by atoms with Crippen molar-refractivity contribution in [2.24, 2.45) is 5.41 Å². The van der Waals surface area contributed by atoms with E-state index in [2.05, 4.69) is 5.32 Å². The van der Waals surface area contributed by atoms with E-state index in [1.54, 1.807) is 45.0 Å². The van der Waals surface area contributed by atoms with Gasteiger partial charge in [-0.25, -0.2) is 0 Å². The third kappa shape index (κ3) is 5.39. The van der Waals surface area contributed by atoms with Crippen molar-refractivity contribution in [1.82, 2.24) is 4.90 Å². The van der Waals surface area contributed by atoms with E-state index in [-0.39, 0.29) is 12.5 Å². The summed E-state index contributed by atoms with van der Waals surface area (Å²) in [6.07, 6.45) is 0.648. The van der Waals surface area contributed by atoms with E-state index < -0.39 is 17.3 Å². The first-order valence-corrected chi connectivity index (χ1v) is 7.58. The second kappa shape index (κ2) is 7.76. The highest BCUT2D eigenvalue weighted by atomic mass is 16.4. The zero-order valence-electron chi connectivity index (χ0n) is 14.0. The molecule has 6 nitrogen and oxygen atoms in total. The van der Waals surface area contributed by atoms with E-state index in [4.69, 9.17) is 5.11 Å². The van der Waals surface area contributed by atoms with E-state index in [1.165, 1.54) is 4.90 Å². The van der Waals surface area contributed by atoms with E-state index in [1.807, 2.05) is 6.92 Å². The number of nitrogens with one attached hydrogen (secondary N) is 1. The molecule has 0 aliphatic carbocycles. The molecule has 126 valence electrons. The average molecular weight is 320 g/mol. The van der Waals surface area contributed by atoms with Crippen molar-refractivity contribution in [3.05, 3.63) is 29.8 Å². The van der Waals surface area contributed by atoms with Crippen molar-refractivity contribution in [1.29, 1.82) is 0 Å². The van der Waals surface area contributed by atoms with Gasteiger partial charge in [-0.1, -0.05) is 39.8 Å². The zero-order chi connectivity index (χ0) is 17.6. The first-order chi connectivity index (χ1) is 10.7. The maximum absolute atomic E-state index is 12.6. The van der Waals surface area contributed by atoms with Gasteiger partial charge in [-0.3, -0.25) is 14.4 Å². The number of hydrogen-bond donors (Lipinski definition) is 2. The number of carbonyl (C=O) groups is 3. The lowest BCUT2D eigenvalue weighted by molar-refractivity contribution is -0.137. The van der Waals surface area contributed by atoms with Crippen molar-refractivity contribution in [2.45, 2.75) is 34.1 Å². The summed E-state index contributed by atoms with van der Waals surface area (Å²) in [5.41, 5.74) is 0.0871. The molecular formula is C17H24N2O4. The number of aliphatic carboxylic acids is 1. The molecule has 23 heavy (non-hydrogen) atoms. The van der Waals surface area contributed by atoms with Crippen LogP contribution in [0.5, 0.6) is 0 Å². The summed E-state index contributed by atoms with van der Waals surface area (Å²) in [4.78, 5) is 37.0. The molecule has 6 heteroatoms. The number of carboxylic acids is 1. The predicted octanol–water partition coefficient (Wildman–Crippen LogP) is 2.61. The molecule has 0 spiro atoms. The van der Waals surface area contributed by atoms with Gasteiger partial charge in [-0.05, 0) is 18.6 Å². The summed E-state index contributed by atoms with van der Waals surface area (Å²) in [6, 6.07) is 6.63. The Kier molecular flexibility index (Phi) is 6.30. The SMILES string of the molecule is CCCN(CC(=O)O)C(=O)c1ccccc1NC(=O)C(C)(C)C. The number of benzene rings is 1. The molecule has 0 atom stereocenters. The first-order valence-electron chi connectivity index (χ1n) is 7.58. The fraction of sp³-hybridized carbons (Fsp3) is 0.471. The Labute approximate surface area is 136 Å². The molecule has 0 radical (unpaired) electrons. The number of nitrogens with zero attached hydrogens (tertiary/aromatic N) is 1. The maximum atomic E-state index is 12.6.